The molecule has 0 spiro atoms. The van der Waals surface area contributed by atoms with E-state index in [1.54, 1.807) is 11.8 Å². The lowest BCUT2D eigenvalue weighted by atomic mass is 9.94. The van der Waals surface area contributed by atoms with Gasteiger partial charge in [-0.15, -0.1) is 0 Å². The van der Waals surface area contributed by atoms with Gasteiger partial charge in [0.25, 0.3) is 5.91 Å². The first kappa shape index (κ1) is 24.0. The number of nitrogens with zero attached hydrogens (tertiary/aromatic N) is 3. The first-order chi connectivity index (χ1) is 16.1. The van der Waals surface area contributed by atoms with Crippen LogP contribution in [0.5, 0.6) is 0 Å². The Morgan fingerprint density at radius 3 is 2.61 bits per heavy atom. The number of hydrogen-bond acceptors (Lipinski definition) is 6. The van der Waals surface area contributed by atoms with Gasteiger partial charge in [-0.3, -0.25) is 4.79 Å². The van der Waals surface area contributed by atoms with Crippen LogP contribution in [0.25, 0.3) is 0 Å². The Balaban J connectivity index is 1.34. The van der Waals surface area contributed by atoms with E-state index in [9.17, 15) is 4.79 Å². The monoisotopic (exact) mass is 468 g/mol. The van der Waals surface area contributed by atoms with Crippen molar-refractivity contribution >= 4 is 23.5 Å². The maximum absolute atomic E-state index is 12.4. The number of amides is 1. The highest BCUT2D eigenvalue weighted by Crippen LogP contribution is 2.28. The molecule has 2 aliphatic rings. The van der Waals surface area contributed by atoms with Gasteiger partial charge in [-0.1, -0.05) is 50.1 Å². The Labute approximate surface area is 201 Å². The Kier molecular flexibility index (Phi) is 8.62. The summed E-state index contributed by atoms with van der Waals surface area (Å²) >= 11 is 1.66. The number of nitrogens with one attached hydrogen (secondary N) is 1. The maximum Gasteiger partial charge on any atom is 0.251 e. The van der Waals surface area contributed by atoms with Gasteiger partial charge < -0.3 is 15.0 Å². The molecular weight excluding hydrogens is 432 g/mol. The molecule has 0 unspecified atom stereocenters. The second kappa shape index (κ2) is 11.8. The third-order valence-electron chi connectivity index (χ3n) is 6.69. The van der Waals surface area contributed by atoms with Crippen molar-refractivity contribution in [2.45, 2.75) is 81.3 Å². The molecule has 2 aromatic rings. The minimum Gasteiger partial charge on any atom is -0.376 e. The van der Waals surface area contributed by atoms with E-state index in [0.29, 0.717) is 18.2 Å². The number of benzene rings is 1. The molecule has 1 saturated carbocycles. The molecule has 33 heavy (non-hydrogen) atoms. The Bertz CT molecular complexity index is 909. The fourth-order valence-electron chi connectivity index (χ4n) is 4.56. The van der Waals surface area contributed by atoms with E-state index < -0.39 is 0 Å². The third kappa shape index (κ3) is 6.70. The van der Waals surface area contributed by atoms with E-state index in [4.69, 9.17) is 14.7 Å². The molecule has 1 aromatic carbocycles. The zero-order valence-corrected chi connectivity index (χ0v) is 20.7. The predicted molar refractivity (Wildman–Crippen MR) is 134 cm³/mol. The highest BCUT2D eigenvalue weighted by molar-refractivity contribution is 7.98. The number of hydrogen-bond donors (Lipinski definition) is 1. The molecular formula is C26H36N4O2S. The average molecular weight is 469 g/mol. The second-order valence-corrected chi connectivity index (χ2v) is 10.0. The van der Waals surface area contributed by atoms with Crippen LogP contribution in [0.2, 0.25) is 0 Å². The summed E-state index contributed by atoms with van der Waals surface area (Å²) < 4.78 is 5.57. The van der Waals surface area contributed by atoms with Crippen molar-refractivity contribution in [1.29, 1.82) is 0 Å². The number of rotatable bonds is 9. The zero-order chi connectivity index (χ0) is 23.0. The molecule has 1 atom stereocenters. The molecule has 1 aliphatic heterocycles. The summed E-state index contributed by atoms with van der Waals surface area (Å²) in [5.74, 6) is 1.77. The molecule has 1 saturated heterocycles. The lowest BCUT2D eigenvalue weighted by molar-refractivity contribution is 0.0858. The summed E-state index contributed by atoms with van der Waals surface area (Å²) in [5.41, 5.74) is 2.93. The van der Waals surface area contributed by atoms with Gasteiger partial charge in [0.1, 0.15) is 5.82 Å². The van der Waals surface area contributed by atoms with Crippen molar-refractivity contribution in [3.63, 3.8) is 0 Å². The van der Waals surface area contributed by atoms with Crippen molar-refractivity contribution in [1.82, 2.24) is 15.3 Å². The van der Waals surface area contributed by atoms with Gasteiger partial charge in [-0.05, 0) is 49.8 Å². The molecule has 1 aromatic heterocycles. The fraction of sp³-hybridized carbons (Fsp3) is 0.577. The van der Waals surface area contributed by atoms with Gasteiger partial charge in [0.2, 0.25) is 0 Å². The molecule has 2 heterocycles. The highest BCUT2D eigenvalue weighted by Gasteiger charge is 2.20. The molecule has 2 fully saturated rings. The number of carbonyl (C=O) groups excluding carboxylic acids is 1. The van der Waals surface area contributed by atoms with Crippen LogP contribution in [0.3, 0.4) is 0 Å². The topological polar surface area (TPSA) is 67.4 Å². The minimum atomic E-state index is -0.0425. The summed E-state index contributed by atoms with van der Waals surface area (Å²) in [6.45, 7) is 3.53. The molecule has 4 rings (SSSR count). The van der Waals surface area contributed by atoms with Crippen molar-refractivity contribution in [3.8, 4) is 0 Å². The Morgan fingerprint density at radius 1 is 1.12 bits per heavy atom. The predicted octanol–water partition coefficient (Wildman–Crippen LogP) is 5.01. The lowest BCUT2D eigenvalue weighted by Crippen LogP contribution is -2.34. The fourth-order valence-corrected chi connectivity index (χ4v) is 5.38. The molecule has 1 aliphatic carbocycles. The van der Waals surface area contributed by atoms with Crippen molar-refractivity contribution < 1.29 is 9.53 Å². The normalized spacial score (nSPS) is 18.9. The first-order valence-corrected chi connectivity index (χ1v) is 13.3. The van der Waals surface area contributed by atoms with Gasteiger partial charge in [-0.2, -0.15) is 0 Å². The summed E-state index contributed by atoms with van der Waals surface area (Å²) in [5, 5.41) is 3.81. The van der Waals surface area contributed by atoms with Crippen LogP contribution < -0.4 is 10.2 Å². The van der Waals surface area contributed by atoms with Gasteiger partial charge in [0.15, 0.2) is 5.16 Å². The maximum atomic E-state index is 12.4. The molecule has 1 N–H and O–H groups in total. The Morgan fingerprint density at radius 2 is 1.91 bits per heavy atom. The van der Waals surface area contributed by atoms with Crippen molar-refractivity contribution in [2.75, 3.05) is 25.1 Å². The van der Waals surface area contributed by atoms with Gasteiger partial charge in [0, 0.05) is 49.3 Å². The van der Waals surface area contributed by atoms with E-state index in [0.717, 1.165) is 53.9 Å². The van der Waals surface area contributed by atoms with Crippen LogP contribution in [0.1, 0.15) is 73.5 Å². The molecule has 178 valence electrons. The number of anilines is 1. The van der Waals surface area contributed by atoms with Crippen LogP contribution >= 0.6 is 11.8 Å². The molecule has 7 heteroatoms. The smallest absolute Gasteiger partial charge is 0.251 e. The van der Waals surface area contributed by atoms with Crippen LogP contribution in [0, 0.1) is 0 Å². The number of ether oxygens (including phenoxy) is 1. The van der Waals surface area contributed by atoms with E-state index in [-0.39, 0.29) is 12.0 Å². The number of aromatic nitrogens is 2. The number of thioether (sulfide) groups is 1. The highest BCUT2D eigenvalue weighted by atomic mass is 32.2. The molecule has 1 amide bonds. The van der Waals surface area contributed by atoms with E-state index in [1.165, 1.54) is 32.1 Å². The van der Waals surface area contributed by atoms with Gasteiger partial charge in [-0.25, -0.2) is 9.97 Å². The summed E-state index contributed by atoms with van der Waals surface area (Å²) in [7, 11) is 2.18. The zero-order valence-electron chi connectivity index (χ0n) is 19.9. The SMILES string of the molecule is CCc1cc(N(C)C2CCCCC2)nc(SCc2ccc(C(=O)NC[C@H]3CCCO3)cc2)n1. The largest absolute Gasteiger partial charge is 0.376 e. The van der Waals surface area contributed by atoms with Crippen molar-refractivity contribution in [2.24, 2.45) is 0 Å². The number of carbonyl (C=O) groups is 1. The molecule has 6 nitrogen and oxygen atoms in total. The third-order valence-corrected chi connectivity index (χ3v) is 7.61. The standard InChI is InChI=1S/C26H36N4O2S/c1-3-21-16-24(30(2)22-8-5-4-6-9-22)29-26(28-21)33-18-19-11-13-20(14-12-19)25(31)27-17-23-10-7-15-32-23/h11-14,16,22-23H,3-10,15,17-18H2,1-2H3,(H,27,31)/t23-/m1/s1. The number of aryl methyl sites for hydroxylation is 1. The van der Waals surface area contributed by atoms with E-state index >= 15 is 0 Å². The quantitative estimate of drug-likeness (QED) is 0.412. The van der Waals surface area contributed by atoms with Crippen LogP contribution in [-0.4, -0.2) is 48.2 Å². The second-order valence-electron chi connectivity index (χ2n) is 9.09. The minimum absolute atomic E-state index is 0.0425. The van der Waals surface area contributed by atoms with Crippen molar-refractivity contribution in [3.05, 3.63) is 47.2 Å². The van der Waals surface area contributed by atoms with Crippen LogP contribution in [0.4, 0.5) is 5.82 Å². The average Bonchev–Trinajstić information content (AvgIpc) is 3.40. The summed E-state index contributed by atoms with van der Waals surface area (Å²) in [6.07, 6.45) is 9.63. The van der Waals surface area contributed by atoms with Gasteiger partial charge in [0.05, 0.1) is 6.10 Å². The Hall–Kier alpha value is -2.12. The van der Waals surface area contributed by atoms with Gasteiger partial charge >= 0.3 is 0 Å². The first-order valence-electron chi connectivity index (χ1n) is 12.3. The van der Waals surface area contributed by atoms with E-state index in [2.05, 4.69) is 30.3 Å². The molecule has 0 bridgehead atoms. The summed E-state index contributed by atoms with van der Waals surface area (Å²) in [6, 6.07) is 10.6. The van der Waals surface area contributed by atoms with Crippen LogP contribution in [0.15, 0.2) is 35.5 Å². The van der Waals surface area contributed by atoms with E-state index in [1.807, 2.05) is 24.3 Å². The molecule has 0 radical (unpaired) electrons. The summed E-state index contributed by atoms with van der Waals surface area (Å²) in [4.78, 5) is 24.4. The lowest BCUT2D eigenvalue weighted by Gasteiger charge is -2.32. The van der Waals surface area contributed by atoms with Crippen LogP contribution in [-0.2, 0) is 16.9 Å².